The molecule has 0 unspecified atom stereocenters. The van der Waals surface area contributed by atoms with Crippen LogP contribution in [0.25, 0.3) is 11.0 Å². The first-order valence-corrected chi connectivity index (χ1v) is 9.03. The fourth-order valence-corrected chi connectivity index (χ4v) is 3.12. The van der Waals surface area contributed by atoms with Gasteiger partial charge in [-0.05, 0) is 24.3 Å². The van der Waals surface area contributed by atoms with Crippen molar-refractivity contribution < 1.29 is 13.6 Å². The summed E-state index contributed by atoms with van der Waals surface area (Å²) in [7, 11) is 0. The van der Waals surface area contributed by atoms with Crippen LogP contribution >= 0.6 is 11.6 Å². The summed E-state index contributed by atoms with van der Waals surface area (Å²) in [4.78, 5) is 26.2. The van der Waals surface area contributed by atoms with E-state index in [2.05, 4.69) is 32.2 Å². The number of amides is 1. The molecule has 10 heteroatoms. The predicted molar refractivity (Wildman–Crippen MR) is 106 cm³/mol. The lowest BCUT2D eigenvalue weighted by atomic mass is 10.1. The van der Waals surface area contributed by atoms with E-state index in [0.717, 1.165) is 6.07 Å². The molecule has 1 saturated heterocycles. The zero-order valence-corrected chi connectivity index (χ0v) is 15.7. The van der Waals surface area contributed by atoms with E-state index in [4.69, 9.17) is 11.6 Å². The highest BCUT2D eigenvalue weighted by atomic mass is 35.5. The van der Waals surface area contributed by atoms with Gasteiger partial charge in [0.25, 0.3) is 0 Å². The van der Waals surface area contributed by atoms with E-state index in [1.54, 1.807) is 12.1 Å². The fraction of sp³-hybridized carbons (Fsp3) is 0.158. The Morgan fingerprint density at radius 3 is 2.79 bits per heavy atom. The third-order valence-electron chi connectivity index (χ3n) is 4.47. The third kappa shape index (κ3) is 3.81. The number of nitrogens with zero attached hydrogens (tertiary/aromatic N) is 4. The molecule has 0 radical (unpaired) electrons. The van der Waals surface area contributed by atoms with Gasteiger partial charge in [-0.3, -0.25) is 4.79 Å². The van der Waals surface area contributed by atoms with Crippen LogP contribution in [0.2, 0.25) is 5.02 Å². The average molecular weight is 417 g/mol. The molecular weight excluding hydrogens is 402 g/mol. The third-order valence-corrected chi connectivity index (χ3v) is 4.76. The molecule has 148 valence electrons. The molecular formula is C19H15ClF2N6O. The zero-order chi connectivity index (χ0) is 20.5. The number of fused-ring (bicyclic) bond motifs is 1. The van der Waals surface area contributed by atoms with Crippen molar-refractivity contribution in [3.05, 3.63) is 59.9 Å². The molecule has 1 aliphatic rings. The lowest BCUT2D eigenvalue weighted by molar-refractivity contribution is -0.117. The van der Waals surface area contributed by atoms with E-state index >= 15 is 0 Å². The summed E-state index contributed by atoms with van der Waals surface area (Å²) < 4.78 is 27.5. The molecule has 0 spiro atoms. The molecule has 2 N–H and O–H groups in total. The molecule has 1 amide bonds. The molecule has 0 atom stereocenters. The monoisotopic (exact) mass is 416 g/mol. The van der Waals surface area contributed by atoms with Gasteiger partial charge in [0.05, 0.1) is 22.3 Å². The van der Waals surface area contributed by atoms with E-state index in [1.807, 2.05) is 4.90 Å². The molecule has 7 nitrogen and oxygen atoms in total. The van der Waals surface area contributed by atoms with Crippen LogP contribution in [0.1, 0.15) is 0 Å². The molecule has 1 aliphatic heterocycles. The van der Waals surface area contributed by atoms with Crippen molar-refractivity contribution in [1.29, 1.82) is 0 Å². The summed E-state index contributed by atoms with van der Waals surface area (Å²) in [5.41, 5.74) is 0.945. The minimum atomic E-state index is -0.849. The number of hydrogen-bond donors (Lipinski definition) is 2. The molecule has 1 fully saturated rings. The van der Waals surface area contributed by atoms with Gasteiger partial charge in [-0.15, -0.1) is 0 Å². The highest BCUT2D eigenvalue weighted by Crippen LogP contribution is 2.29. The largest absolute Gasteiger partial charge is 0.352 e. The van der Waals surface area contributed by atoms with Gasteiger partial charge in [-0.2, -0.15) is 0 Å². The van der Waals surface area contributed by atoms with Crippen molar-refractivity contribution in [3.8, 4) is 0 Å². The summed E-state index contributed by atoms with van der Waals surface area (Å²) in [6, 6.07) is 5.43. The summed E-state index contributed by atoms with van der Waals surface area (Å²) in [5.74, 6) is -0.953. The molecule has 3 aromatic rings. The van der Waals surface area contributed by atoms with Crippen molar-refractivity contribution >= 4 is 45.9 Å². The highest BCUT2D eigenvalue weighted by Gasteiger charge is 2.28. The quantitative estimate of drug-likeness (QED) is 0.491. The van der Waals surface area contributed by atoms with Crippen LogP contribution in [0.15, 0.2) is 43.2 Å². The number of carbonyl (C=O) groups excluding carboxylic acids is 1. The highest BCUT2D eigenvalue weighted by molar-refractivity contribution is 6.31. The van der Waals surface area contributed by atoms with Gasteiger partial charge in [0, 0.05) is 19.2 Å². The van der Waals surface area contributed by atoms with Crippen LogP contribution < -0.4 is 15.5 Å². The van der Waals surface area contributed by atoms with Crippen LogP contribution in [-0.2, 0) is 4.79 Å². The normalized spacial score (nSPS) is 13.8. The van der Waals surface area contributed by atoms with E-state index in [-0.39, 0.29) is 28.5 Å². The van der Waals surface area contributed by atoms with Gasteiger partial charge in [0.2, 0.25) is 5.91 Å². The molecule has 0 aliphatic carbocycles. The molecule has 2 aromatic heterocycles. The SMILES string of the molecule is C=CC(=O)NC1CN(c2ccc3ncnc(Nc4cc(Cl)c(F)cc4F)c3n2)C1. The lowest BCUT2D eigenvalue weighted by Gasteiger charge is -2.40. The van der Waals surface area contributed by atoms with Gasteiger partial charge < -0.3 is 15.5 Å². The maximum Gasteiger partial charge on any atom is 0.243 e. The van der Waals surface area contributed by atoms with Crippen molar-refractivity contribution in [1.82, 2.24) is 20.3 Å². The number of aromatic nitrogens is 3. The maximum atomic E-state index is 14.1. The van der Waals surface area contributed by atoms with Gasteiger partial charge in [-0.1, -0.05) is 18.2 Å². The Hall–Kier alpha value is -3.33. The van der Waals surface area contributed by atoms with Crippen molar-refractivity contribution in [2.75, 3.05) is 23.3 Å². The summed E-state index contributed by atoms with van der Waals surface area (Å²) >= 11 is 5.75. The van der Waals surface area contributed by atoms with E-state index in [9.17, 15) is 13.6 Å². The fourth-order valence-electron chi connectivity index (χ4n) is 2.96. The summed E-state index contributed by atoms with van der Waals surface area (Å²) in [6.07, 6.45) is 2.55. The molecule has 0 bridgehead atoms. The smallest absolute Gasteiger partial charge is 0.243 e. The number of hydrogen-bond acceptors (Lipinski definition) is 6. The topological polar surface area (TPSA) is 83.0 Å². The number of rotatable bonds is 5. The van der Waals surface area contributed by atoms with Crippen molar-refractivity contribution in [2.24, 2.45) is 0 Å². The Kier molecular flexibility index (Phi) is 4.98. The Bertz CT molecular complexity index is 1120. The summed E-state index contributed by atoms with van der Waals surface area (Å²) in [5, 5.41) is 5.40. The molecule has 0 saturated carbocycles. The van der Waals surface area contributed by atoms with Crippen molar-refractivity contribution in [2.45, 2.75) is 6.04 Å². The van der Waals surface area contributed by atoms with Crippen LogP contribution in [0, 0.1) is 11.6 Å². The molecule has 4 rings (SSSR count). The lowest BCUT2D eigenvalue weighted by Crippen LogP contribution is -2.59. The molecule has 3 heterocycles. The minimum Gasteiger partial charge on any atom is -0.352 e. The second-order valence-electron chi connectivity index (χ2n) is 6.45. The standard InChI is InChI=1S/C19H15ClF2N6O/c1-2-17(29)25-10-7-28(8-10)16-4-3-14-18(27-16)19(24-9-23-14)26-15-5-11(20)12(21)6-13(15)22/h2-6,9-10H,1,7-8H2,(H,25,29)(H,23,24,26). The van der Waals surface area contributed by atoms with Crippen LogP contribution in [0.3, 0.4) is 0 Å². The first-order valence-electron chi connectivity index (χ1n) is 8.66. The maximum absolute atomic E-state index is 14.1. The number of anilines is 3. The number of pyridine rings is 1. The average Bonchev–Trinajstić information content (AvgIpc) is 2.68. The van der Waals surface area contributed by atoms with Crippen molar-refractivity contribution in [3.63, 3.8) is 0 Å². The number of halogens is 3. The predicted octanol–water partition coefficient (Wildman–Crippen LogP) is 3.19. The van der Waals surface area contributed by atoms with Gasteiger partial charge in [-0.25, -0.2) is 23.7 Å². The van der Waals surface area contributed by atoms with Gasteiger partial charge in [0.15, 0.2) is 5.82 Å². The Morgan fingerprint density at radius 1 is 1.24 bits per heavy atom. The Labute approximate surface area is 169 Å². The van der Waals surface area contributed by atoms with E-state index in [0.29, 0.717) is 36.0 Å². The zero-order valence-electron chi connectivity index (χ0n) is 15.0. The summed E-state index contributed by atoms with van der Waals surface area (Å²) in [6.45, 7) is 4.62. The number of nitrogens with one attached hydrogen (secondary N) is 2. The Balaban J connectivity index is 1.60. The second-order valence-corrected chi connectivity index (χ2v) is 6.85. The molecule has 1 aromatic carbocycles. The van der Waals surface area contributed by atoms with Crippen LogP contribution in [0.5, 0.6) is 0 Å². The number of benzene rings is 1. The van der Waals surface area contributed by atoms with E-state index < -0.39 is 11.6 Å². The first-order chi connectivity index (χ1) is 13.9. The van der Waals surface area contributed by atoms with Crippen LogP contribution in [0.4, 0.5) is 26.1 Å². The van der Waals surface area contributed by atoms with Gasteiger partial charge in [0.1, 0.15) is 29.3 Å². The van der Waals surface area contributed by atoms with Gasteiger partial charge >= 0.3 is 0 Å². The second kappa shape index (κ2) is 7.59. The van der Waals surface area contributed by atoms with Crippen LogP contribution in [-0.4, -0.2) is 40.0 Å². The van der Waals surface area contributed by atoms with E-state index in [1.165, 1.54) is 12.4 Å². The first kappa shape index (κ1) is 19.0. The number of carbonyl (C=O) groups is 1. The Morgan fingerprint density at radius 2 is 2.03 bits per heavy atom. The minimum absolute atomic E-state index is 0.0121. The molecule has 29 heavy (non-hydrogen) atoms.